The minimum absolute atomic E-state index is 0.139. The molecule has 0 radical (unpaired) electrons. The zero-order chi connectivity index (χ0) is 9.94. The molecule has 0 bridgehead atoms. The molecule has 80 valence electrons. The first-order valence-corrected chi connectivity index (χ1v) is 4.94. The first kappa shape index (κ1) is 12.8. The molecule has 0 aromatic rings. The Morgan fingerprint density at radius 1 is 1.38 bits per heavy atom. The van der Waals surface area contributed by atoms with Crippen molar-refractivity contribution in [1.82, 2.24) is 5.48 Å². The average molecular weight is 191 g/mol. The highest BCUT2D eigenvalue weighted by Gasteiger charge is 1.99. The van der Waals surface area contributed by atoms with E-state index in [2.05, 4.69) is 12.4 Å². The number of aliphatic hydroxyl groups is 2. The van der Waals surface area contributed by atoms with Crippen molar-refractivity contribution < 1.29 is 15.1 Å². The topological polar surface area (TPSA) is 61.7 Å². The lowest BCUT2D eigenvalue weighted by Crippen LogP contribution is -2.17. The zero-order valence-electron chi connectivity index (χ0n) is 8.33. The first-order chi connectivity index (χ1) is 6.31. The lowest BCUT2D eigenvalue weighted by molar-refractivity contribution is 0.0391. The van der Waals surface area contributed by atoms with Crippen LogP contribution in [-0.4, -0.2) is 36.1 Å². The van der Waals surface area contributed by atoms with Crippen LogP contribution in [0.2, 0.25) is 0 Å². The number of rotatable bonds is 9. The predicted octanol–water partition coefficient (Wildman–Crippen LogP) is 0.441. The molecular weight excluding hydrogens is 170 g/mol. The average Bonchev–Trinajstić information content (AvgIpc) is 2.16. The predicted molar refractivity (Wildman–Crippen MR) is 51.2 cm³/mol. The standard InChI is InChI=1S/C9H21NO3/c1-2-7-13-10-6-4-3-5-9(12)8-11/h9-12H,2-8H2,1H3/t9-/m0/s1. The molecule has 0 unspecified atom stereocenters. The lowest BCUT2D eigenvalue weighted by atomic mass is 10.2. The van der Waals surface area contributed by atoms with Crippen LogP contribution in [0.15, 0.2) is 0 Å². The Kier molecular flexibility index (Phi) is 9.80. The molecule has 0 aliphatic carbocycles. The Balaban J connectivity index is 2.91. The highest BCUT2D eigenvalue weighted by atomic mass is 16.6. The molecule has 0 spiro atoms. The number of hydroxylamine groups is 1. The summed E-state index contributed by atoms with van der Waals surface area (Å²) in [6.07, 6.45) is 2.98. The van der Waals surface area contributed by atoms with E-state index < -0.39 is 6.10 Å². The summed E-state index contributed by atoms with van der Waals surface area (Å²) < 4.78 is 0. The van der Waals surface area contributed by atoms with Crippen LogP contribution in [0.25, 0.3) is 0 Å². The number of hydrogen-bond acceptors (Lipinski definition) is 4. The maximum Gasteiger partial charge on any atom is 0.0770 e. The largest absolute Gasteiger partial charge is 0.394 e. The van der Waals surface area contributed by atoms with Crippen molar-refractivity contribution in [3.8, 4) is 0 Å². The minimum atomic E-state index is -0.559. The summed E-state index contributed by atoms with van der Waals surface area (Å²) in [5.41, 5.74) is 2.83. The van der Waals surface area contributed by atoms with E-state index in [1.807, 2.05) is 0 Å². The lowest BCUT2D eigenvalue weighted by Gasteiger charge is -2.07. The molecule has 0 fully saturated rings. The Bertz CT molecular complexity index is 101. The number of unbranched alkanes of at least 4 members (excludes halogenated alkanes) is 1. The van der Waals surface area contributed by atoms with Crippen LogP contribution in [0.4, 0.5) is 0 Å². The molecule has 0 rings (SSSR count). The monoisotopic (exact) mass is 191 g/mol. The number of aliphatic hydroxyl groups excluding tert-OH is 2. The maximum absolute atomic E-state index is 9.00. The molecule has 4 heteroatoms. The van der Waals surface area contributed by atoms with Crippen molar-refractivity contribution in [2.75, 3.05) is 19.8 Å². The summed E-state index contributed by atoms with van der Waals surface area (Å²) in [4.78, 5) is 5.05. The Morgan fingerprint density at radius 2 is 2.15 bits per heavy atom. The molecule has 13 heavy (non-hydrogen) atoms. The van der Waals surface area contributed by atoms with Crippen LogP contribution >= 0.6 is 0 Å². The van der Waals surface area contributed by atoms with Crippen LogP contribution in [0.5, 0.6) is 0 Å². The van der Waals surface area contributed by atoms with Gasteiger partial charge in [-0.05, 0) is 25.7 Å². The molecule has 0 aliphatic rings. The van der Waals surface area contributed by atoms with E-state index in [-0.39, 0.29) is 6.61 Å². The molecule has 0 saturated carbocycles. The second-order valence-corrected chi connectivity index (χ2v) is 3.07. The molecule has 4 nitrogen and oxygen atoms in total. The Hall–Kier alpha value is -0.160. The van der Waals surface area contributed by atoms with Gasteiger partial charge >= 0.3 is 0 Å². The highest BCUT2D eigenvalue weighted by Crippen LogP contribution is 1.98. The summed E-state index contributed by atoms with van der Waals surface area (Å²) in [7, 11) is 0. The van der Waals surface area contributed by atoms with Crippen LogP contribution in [-0.2, 0) is 4.84 Å². The van der Waals surface area contributed by atoms with E-state index in [4.69, 9.17) is 15.1 Å². The second-order valence-electron chi connectivity index (χ2n) is 3.07. The van der Waals surface area contributed by atoms with E-state index >= 15 is 0 Å². The summed E-state index contributed by atoms with van der Waals surface area (Å²) in [5, 5.41) is 17.5. The molecule has 0 heterocycles. The maximum atomic E-state index is 9.00. The molecule has 0 aromatic carbocycles. The molecule has 0 saturated heterocycles. The van der Waals surface area contributed by atoms with Gasteiger partial charge in [0.1, 0.15) is 0 Å². The Morgan fingerprint density at radius 3 is 2.77 bits per heavy atom. The van der Waals surface area contributed by atoms with Crippen molar-refractivity contribution >= 4 is 0 Å². The molecule has 0 aromatic heterocycles. The van der Waals surface area contributed by atoms with Crippen molar-refractivity contribution in [2.45, 2.75) is 38.7 Å². The van der Waals surface area contributed by atoms with Gasteiger partial charge in [-0.2, -0.15) is 0 Å². The van der Waals surface area contributed by atoms with Crippen molar-refractivity contribution in [3.05, 3.63) is 0 Å². The van der Waals surface area contributed by atoms with Crippen LogP contribution in [0, 0.1) is 0 Å². The summed E-state index contributed by atoms with van der Waals surface area (Å²) >= 11 is 0. The third kappa shape index (κ3) is 9.76. The fraction of sp³-hybridized carbons (Fsp3) is 1.00. The number of hydrogen-bond donors (Lipinski definition) is 3. The summed E-state index contributed by atoms with van der Waals surface area (Å²) in [6, 6.07) is 0. The van der Waals surface area contributed by atoms with Crippen molar-refractivity contribution in [1.29, 1.82) is 0 Å². The first-order valence-electron chi connectivity index (χ1n) is 4.94. The van der Waals surface area contributed by atoms with Gasteiger partial charge in [-0.3, -0.25) is 0 Å². The van der Waals surface area contributed by atoms with Gasteiger partial charge in [0.05, 0.1) is 19.3 Å². The third-order valence-corrected chi connectivity index (χ3v) is 1.69. The Labute approximate surface area is 79.9 Å². The zero-order valence-corrected chi connectivity index (χ0v) is 8.33. The van der Waals surface area contributed by atoms with Gasteiger partial charge in [-0.15, -0.1) is 0 Å². The molecule has 1 atom stereocenters. The van der Waals surface area contributed by atoms with Crippen molar-refractivity contribution in [2.24, 2.45) is 0 Å². The third-order valence-electron chi connectivity index (χ3n) is 1.69. The normalized spacial score (nSPS) is 13.2. The highest BCUT2D eigenvalue weighted by molar-refractivity contribution is 4.52. The van der Waals surface area contributed by atoms with Crippen LogP contribution in [0.3, 0.4) is 0 Å². The molecule has 0 amide bonds. The molecular formula is C9H21NO3. The van der Waals surface area contributed by atoms with Crippen LogP contribution < -0.4 is 5.48 Å². The van der Waals surface area contributed by atoms with Gasteiger partial charge in [0.2, 0.25) is 0 Å². The number of nitrogens with one attached hydrogen (secondary N) is 1. The van der Waals surface area contributed by atoms with Crippen molar-refractivity contribution in [3.63, 3.8) is 0 Å². The smallest absolute Gasteiger partial charge is 0.0770 e. The molecule has 3 N–H and O–H groups in total. The van der Waals surface area contributed by atoms with Crippen LogP contribution in [0.1, 0.15) is 32.6 Å². The van der Waals surface area contributed by atoms with E-state index in [9.17, 15) is 0 Å². The van der Waals surface area contributed by atoms with E-state index in [1.165, 1.54) is 0 Å². The quantitative estimate of drug-likeness (QED) is 0.365. The van der Waals surface area contributed by atoms with Gasteiger partial charge < -0.3 is 15.1 Å². The summed E-state index contributed by atoms with van der Waals surface area (Å²) in [5.74, 6) is 0. The fourth-order valence-electron chi connectivity index (χ4n) is 0.915. The SMILES string of the molecule is CCCONCCCC[C@H](O)CO. The minimum Gasteiger partial charge on any atom is -0.394 e. The fourth-order valence-corrected chi connectivity index (χ4v) is 0.915. The summed E-state index contributed by atoms with van der Waals surface area (Å²) in [6.45, 7) is 3.45. The van der Waals surface area contributed by atoms with Gasteiger partial charge in [-0.1, -0.05) is 6.92 Å². The second kappa shape index (κ2) is 9.92. The van der Waals surface area contributed by atoms with E-state index in [1.54, 1.807) is 0 Å². The van der Waals surface area contributed by atoms with E-state index in [0.717, 1.165) is 32.4 Å². The van der Waals surface area contributed by atoms with E-state index in [0.29, 0.717) is 6.42 Å². The molecule has 0 aliphatic heterocycles. The van der Waals surface area contributed by atoms with Gasteiger partial charge in [-0.25, -0.2) is 5.48 Å². The van der Waals surface area contributed by atoms with Gasteiger partial charge in [0.25, 0.3) is 0 Å². The van der Waals surface area contributed by atoms with Gasteiger partial charge in [0, 0.05) is 6.54 Å². The van der Waals surface area contributed by atoms with Gasteiger partial charge in [0.15, 0.2) is 0 Å².